The van der Waals surface area contributed by atoms with E-state index in [0.29, 0.717) is 45.1 Å². The van der Waals surface area contributed by atoms with Gasteiger partial charge < -0.3 is 14.6 Å². The number of amides is 1. The highest BCUT2D eigenvalue weighted by molar-refractivity contribution is 8.45. The predicted molar refractivity (Wildman–Crippen MR) is 127 cm³/mol. The maximum absolute atomic E-state index is 13.0. The molecular formula is C24H27F5N4O2S. The van der Waals surface area contributed by atoms with E-state index in [1.54, 1.807) is 11.1 Å². The molecule has 196 valence electrons. The molecule has 2 saturated heterocycles. The molecule has 0 radical (unpaired) electrons. The third kappa shape index (κ3) is 5.19. The van der Waals surface area contributed by atoms with Gasteiger partial charge >= 0.3 is 10.2 Å². The lowest BCUT2D eigenvalue weighted by atomic mass is 9.92. The van der Waals surface area contributed by atoms with Crippen molar-refractivity contribution in [1.82, 2.24) is 19.9 Å². The molecule has 0 spiro atoms. The maximum Gasteiger partial charge on any atom is 0.310 e. The fourth-order valence-electron chi connectivity index (χ4n) is 5.09. The summed E-state index contributed by atoms with van der Waals surface area (Å²) in [6.07, 6.45) is 5.70. The number of H-pyrrole nitrogens is 1. The van der Waals surface area contributed by atoms with Gasteiger partial charge in [-0.3, -0.25) is 4.79 Å². The van der Waals surface area contributed by atoms with Crippen molar-refractivity contribution in [1.29, 1.82) is 0 Å². The van der Waals surface area contributed by atoms with Crippen molar-refractivity contribution in [3.8, 4) is 0 Å². The van der Waals surface area contributed by atoms with Crippen LogP contribution in [0.2, 0.25) is 0 Å². The minimum atomic E-state index is -9.77. The molecule has 1 N–H and O–H groups in total. The smallest absolute Gasteiger partial charge is 0.310 e. The highest BCUT2D eigenvalue weighted by Gasteiger charge is 2.65. The van der Waals surface area contributed by atoms with Gasteiger partial charge in [0, 0.05) is 44.0 Å². The van der Waals surface area contributed by atoms with Crippen LogP contribution in [-0.2, 0) is 4.74 Å². The summed E-state index contributed by atoms with van der Waals surface area (Å²) < 4.78 is 70.4. The molecule has 2 aliphatic heterocycles. The SMILES string of the molecule is O=C(c1ccc(S(F)(F)(F)(F)F)cc1)N1CCCC(c2ccnc3[nH]c(C4CCOCC4)nc23)CC1. The minimum Gasteiger partial charge on any atom is -0.381 e. The standard InChI is InChI=1S/C24H27F5N4O2S/c25-36(26,27,28,29)19-5-3-18(4-6-19)24(34)33-12-1-2-16(8-13-33)20-7-11-30-23-21(20)31-22(32-23)17-9-14-35-15-10-17/h3-7,11,16-17H,1-2,8-10,12-15H2,(H,30,31,32). The number of hydrogen-bond donors (Lipinski definition) is 1. The van der Waals surface area contributed by atoms with E-state index in [4.69, 9.17) is 9.72 Å². The van der Waals surface area contributed by atoms with Crippen molar-refractivity contribution in [3.05, 3.63) is 53.5 Å². The van der Waals surface area contributed by atoms with E-state index < -0.39 is 21.0 Å². The van der Waals surface area contributed by atoms with E-state index in [9.17, 15) is 24.2 Å². The van der Waals surface area contributed by atoms with Gasteiger partial charge in [0.2, 0.25) is 0 Å². The van der Waals surface area contributed by atoms with Crippen molar-refractivity contribution >= 4 is 27.3 Å². The number of likely N-dealkylation sites (tertiary alicyclic amines) is 1. The minimum absolute atomic E-state index is 0.0428. The van der Waals surface area contributed by atoms with Gasteiger partial charge in [-0.25, -0.2) is 9.97 Å². The number of ether oxygens (including phenoxy) is 1. The maximum atomic E-state index is 13.0. The monoisotopic (exact) mass is 530 g/mol. The number of pyridine rings is 1. The zero-order valence-corrected chi connectivity index (χ0v) is 20.3. The van der Waals surface area contributed by atoms with E-state index in [2.05, 4.69) is 9.97 Å². The molecule has 2 aromatic heterocycles. The predicted octanol–water partition coefficient (Wildman–Crippen LogP) is 6.92. The molecule has 36 heavy (non-hydrogen) atoms. The molecule has 1 amide bonds. The van der Waals surface area contributed by atoms with Gasteiger partial charge in [0.25, 0.3) is 5.91 Å². The Kier molecular flexibility index (Phi) is 5.82. The van der Waals surface area contributed by atoms with E-state index in [-0.39, 0.29) is 23.6 Å². The van der Waals surface area contributed by atoms with Gasteiger partial charge in [0.1, 0.15) is 16.2 Å². The lowest BCUT2D eigenvalue weighted by Crippen LogP contribution is -2.32. The van der Waals surface area contributed by atoms with Crippen molar-refractivity contribution in [2.24, 2.45) is 0 Å². The molecule has 0 bridgehead atoms. The number of fused-ring (bicyclic) bond motifs is 1. The quantitative estimate of drug-likeness (QED) is 0.372. The van der Waals surface area contributed by atoms with Crippen LogP contribution in [0.25, 0.3) is 11.2 Å². The largest absolute Gasteiger partial charge is 0.381 e. The first-order valence-electron chi connectivity index (χ1n) is 11.9. The van der Waals surface area contributed by atoms with Crippen LogP contribution in [0, 0.1) is 0 Å². The summed E-state index contributed by atoms with van der Waals surface area (Å²) in [4.78, 5) is 25.2. The van der Waals surface area contributed by atoms with E-state index in [0.717, 1.165) is 53.9 Å². The molecule has 1 unspecified atom stereocenters. The number of aromatic amines is 1. The van der Waals surface area contributed by atoms with Crippen LogP contribution in [0.1, 0.15) is 65.7 Å². The Labute approximate surface area is 205 Å². The van der Waals surface area contributed by atoms with Crippen LogP contribution in [0.15, 0.2) is 41.4 Å². The van der Waals surface area contributed by atoms with Gasteiger partial charge in [-0.15, -0.1) is 0 Å². The van der Waals surface area contributed by atoms with Crippen LogP contribution in [0.5, 0.6) is 0 Å². The Bertz CT molecular complexity index is 1270. The number of halogens is 5. The Morgan fingerprint density at radius 1 is 0.944 bits per heavy atom. The molecule has 3 aromatic rings. The molecule has 5 rings (SSSR count). The Morgan fingerprint density at radius 3 is 2.36 bits per heavy atom. The third-order valence-corrected chi connectivity index (χ3v) is 8.21. The van der Waals surface area contributed by atoms with E-state index in [1.807, 2.05) is 6.07 Å². The second-order valence-electron chi connectivity index (χ2n) is 9.52. The number of benzene rings is 1. The molecule has 0 aliphatic carbocycles. The summed E-state index contributed by atoms with van der Waals surface area (Å²) >= 11 is 0. The summed E-state index contributed by atoms with van der Waals surface area (Å²) in [5.41, 5.74) is 2.58. The number of carbonyl (C=O) groups is 1. The highest BCUT2D eigenvalue weighted by Crippen LogP contribution is 3.02. The molecule has 6 nitrogen and oxygen atoms in total. The highest BCUT2D eigenvalue weighted by atomic mass is 32.5. The second-order valence-corrected chi connectivity index (χ2v) is 11.9. The average molecular weight is 531 g/mol. The molecular weight excluding hydrogens is 503 g/mol. The number of aromatic nitrogens is 3. The average Bonchev–Trinajstić information content (AvgIpc) is 3.13. The van der Waals surface area contributed by atoms with E-state index >= 15 is 0 Å². The number of rotatable bonds is 4. The van der Waals surface area contributed by atoms with Gasteiger partial charge in [0.05, 0.1) is 0 Å². The van der Waals surface area contributed by atoms with Crippen molar-refractivity contribution < 1.29 is 29.0 Å². The topological polar surface area (TPSA) is 71.1 Å². The lowest BCUT2D eigenvalue weighted by Gasteiger charge is -2.40. The van der Waals surface area contributed by atoms with Gasteiger partial charge in [-0.05, 0) is 73.9 Å². The van der Waals surface area contributed by atoms with Crippen molar-refractivity contribution in [3.63, 3.8) is 0 Å². The van der Waals surface area contributed by atoms with Crippen molar-refractivity contribution in [2.45, 2.75) is 48.8 Å². The molecule has 12 heteroatoms. The number of nitrogens with zero attached hydrogens (tertiary/aromatic N) is 3. The van der Waals surface area contributed by atoms with Crippen molar-refractivity contribution in [2.75, 3.05) is 26.3 Å². The van der Waals surface area contributed by atoms with Crippen LogP contribution in [0.3, 0.4) is 0 Å². The van der Waals surface area contributed by atoms with Crippen LogP contribution >= 0.6 is 10.2 Å². The fraction of sp³-hybridized carbons (Fsp3) is 0.458. The normalized spacial score (nSPS) is 22.1. The number of carbonyl (C=O) groups excluding carboxylic acids is 1. The zero-order chi connectivity index (χ0) is 25.6. The second kappa shape index (κ2) is 8.41. The first kappa shape index (κ1) is 24.9. The van der Waals surface area contributed by atoms with Crippen LogP contribution in [0.4, 0.5) is 19.4 Å². The molecule has 1 aromatic carbocycles. The summed E-state index contributed by atoms with van der Waals surface area (Å²) in [6, 6.07) is 4.18. The molecule has 2 aliphatic rings. The first-order valence-corrected chi connectivity index (χ1v) is 13.9. The van der Waals surface area contributed by atoms with E-state index in [1.165, 1.54) is 0 Å². The van der Waals surface area contributed by atoms with Crippen LogP contribution in [-0.4, -0.2) is 52.1 Å². The summed E-state index contributed by atoms with van der Waals surface area (Å²) in [6.45, 7) is 2.24. The molecule has 2 fully saturated rings. The number of nitrogens with one attached hydrogen (secondary N) is 1. The lowest BCUT2D eigenvalue weighted by molar-refractivity contribution is 0.0760. The van der Waals surface area contributed by atoms with Gasteiger partial charge in [-0.1, -0.05) is 19.4 Å². The summed E-state index contributed by atoms with van der Waals surface area (Å²) in [7, 11) is -9.77. The molecule has 0 saturated carbocycles. The Morgan fingerprint density at radius 2 is 1.67 bits per heavy atom. The van der Waals surface area contributed by atoms with Gasteiger partial charge in [0.15, 0.2) is 5.65 Å². The van der Waals surface area contributed by atoms with Gasteiger partial charge in [-0.2, -0.15) is 0 Å². The fourth-order valence-corrected chi connectivity index (χ4v) is 5.74. The number of imidazole rings is 1. The Balaban J connectivity index is 1.31. The number of hydrogen-bond acceptors (Lipinski definition) is 4. The zero-order valence-electron chi connectivity index (χ0n) is 19.4. The van der Waals surface area contributed by atoms with Crippen LogP contribution < -0.4 is 0 Å². The summed E-state index contributed by atoms with van der Waals surface area (Å²) in [5.74, 6) is 0.878. The Hall–Kier alpha value is -2.73. The first-order chi connectivity index (χ1) is 16.9. The summed E-state index contributed by atoms with van der Waals surface area (Å²) in [5, 5.41) is 0. The third-order valence-electron chi connectivity index (χ3n) is 7.04. The molecule has 4 heterocycles. The molecule has 1 atom stereocenters.